The molecule has 1 fully saturated rings. The number of amides is 2. The number of hydrogen-bond donors (Lipinski definition) is 3. The highest BCUT2D eigenvalue weighted by Crippen LogP contribution is 2.36. The lowest BCUT2D eigenvalue weighted by Gasteiger charge is -2.31. The van der Waals surface area contributed by atoms with Gasteiger partial charge in [0.05, 0.1) is 23.7 Å². The maximum absolute atomic E-state index is 13.1. The molecular formula is C23H26F3N7O4. The van der Waals surface area contributed by atoms with Crippen molar-refractivity contribution in [2.24, 2.45) is 7.05 Å². The van der Waals surface area contributed by atoms with Crippen LogP contribution in [0.15, 0.2) is 30.6 Å². The molecule has 4 heterocycles. The molecule has 2 aromatic heterocycles. The summed E-state index contributed by atoms with van der Waals surface area (Å²) in [7, 11) is 3.46. The third-order valence-corrected chi connectivity index (χ3v) is 5.99. The molecule has 0 saturated carbocycles. The monoisotopic (exact) mass is 521 g/mol. The number of fused-ring (bicyclic) bond motifs is 2. The first kappa shape index (κ1) is 26.0. The Morgan fingerprint density at radius 2 is 1.86 bits per heavy atom. The Bertz CT molecular complexity index is 1310. The van der Waals surface area contributed by atoms with Crippen LogP contribution in [0.25, 0.3) is 10.9 Å². The SMILES string of the molecule is COc1c(NC(=O)N2CCc3c(N4CCNCC4)ccnc32)ccc2nn(C)cc12.O=C(O)C(F)(F)F. The number of methoxy groups -OCH3 is 1. The van der Waals surface area contributed by atoms with E-state index in [1.54, 1.807) is 22.9 Å². The van der Waals surface area contributed by atoms with Gasteiger partial charge in [-0.3, -0.25) is 9.58 Å². The molecule has 11 nitrogen and oxygen atoms in total. The molecule has 1 saturated heterocycles. The molecule has 14 heteroatoms. The minimum absolute atomic E-state index is 0.208. The predicted molar refractivity (Wildman–Crippen MR) is 130 cm³/mol. The number of halogens is 3. The van der Waals surface area contributed by atoms with Crippen molar-refractivity contribution in [3.63, 3.8) is 0 Å². The molecule has 0 unspecified atom stereocenters. The number of nitrogens with one attached hydrogen (secondary N) is 2. The number of piperazine rings is 1. The molecule has 2 aliphatic rings. The Balaban J connectivity index is 0.000000405. The minimum Gasteiger partial charge on any atom is -0.494 e. The van der Waals surface area contributed by atoms with E-state index in [9.17, 15) is 18.0 Å². The summed E-state index contributed by atoms with van der Waals surface area (Å²) in [4.78, 5) is 30.7. The van der Waals surface area contributed by atoms with E-state index >= 15 is 0 Å². The molecular weight excluding hydrogens is 495 g/mol. The van der Waals surface area contributed by atoms with Gasteiger partial charge in [-0.2, -0.15) is 18.3 Å². The van der Waals surface area contributed by atoms with Crippen molar-refractivity contribution in [2.45, 2.75) is 12.6 Å². The number of aromatic nitrogens is 3. The zero-order valence-corrected chi connectivity index (χ0v) is 20.2. The summed E-state index contributed by atoms with van der Waals surface area (Å²) in [5.41, 5.74) is 3.77. The first-order valence-electron chi connectivity index (χ1n) is 11.4. The minimum atomic E-state index is -5.08. The number of ether oxygens (including phenoxy) is 1. The Labute approximate surface area is 209 Å². The number of aliphatic carboxylic acids is 1. The van der Waals surface area contributed by atoms with E-state index in [-0.39, 0.29) is 6.03 Å². The van der Waals surface area contributed by atoms with Crippen LogP contribution in [0.3, 0.4) is 0 Å². The highest BCUT2D eigenvalue weighted by molar-refractivity contribution is 6.05. The van der Waals surface area contributed by atoms with E-state index in [0.29, 0.717) is 18.0 Å². The number of hydrogen-bond acceptors (Lipinski definition) is 7. The Morgan fingerprint density at radius 3 is 2.51 bits per heavy atom. The third kappa shape index (κ3) is 5.53. The van der Waals surface area contributed by atoms with E-state index < -0.39 is 12.1 Å². The molecule has 37 heavy (non-hydrogen) atoms. The van der Waals surface area contributed by atoms with Crippen LogP contribution in [0.1, 0.15) is 5.56 Å². The number of alkyl halides is 3. The number of urea groups is 1. The zero-order chi connectivity index (χ0) is 26.7. The van der Waals surface area contributed by atoms with Crippen molar-refractivity contribution in [3.8, 4) is 5.75 Å². The number of nitrogens with zero attached hydrogens (tertiary/aromatic N) is 5. The summed E-state index contributed by atoms with van der Waals surface area (Å²) in [6.45, 7) is 4.47. The maximum atomic E-state index is 13.1. The molecule has 198 valence electrons. The lowest BCUT2D eigenvalue weighted by Crippen LogP contribution is -2.43. The molecule has 0 atom stereocenters. The average molecular weight is 522 g/mol. The molecule has 3 aromatic rings. The first-order chi connectivity index (χ1) is 17.6. The second kappa shape index (κ2) is 10.5. The average Bonchev–Trinajstić information content (AvgIpc) is 3.47. The van der Waals surface area contributed by atoms with E-state index in [1.165, 1.54) is 5.69 Å². The van der Waals surface area contributed by atoms with Crippen molar-refractivity contribution in [3.05, 3.63) is 36.2 Å². The fourth-order valence-electron chi connectivity index (χ4n) is 4.36. The van der Waals surface area contributed by atoms with Crippen LogP contribution in [0.2, 0.25) is 0 Å². The van der Waals surface area contributed by atoms with Gasteiger partial charge in [0, 0.05) is 63.4 Å². The van der Waals surface area contributed by atoms with Crippen LogP contribution in [0.4, 0.5) is 35.2 Å². The molecule has 2 aliphatic heterocycles. The molecule has 0 spiro atoms. The fraction of sp³-hybridized carbons (Fsp3) is 0.391. The number of carbonyl (C=O) groups excluding carboxylic acids is 1. The predicted octanol–water partition coefficient (Wildman–Crippen LogP) is 2.61. The number of carbonyl (C=O) groups is 2. The van der Waals surface area contributed by atoms with Gasteiger partial charge in [-0.15, -0.1) is 0 Å². The van der Waals surface area contributed by atoms with Crippen LogP contribution in [-0.4, -0.2) is 77.9 Å². The Morgan fingerprint density at radius 1 is 1.16 bits per heavy atom. The van der Waals surface area contributed by atoms with E-state index in [1.807, 2.05) is 25.4 Å². The number of rotatable bonds is 3. The van der Waals surface area contributed by atoms with Crippen LogP contribution in [0, 0.1) is 0 Å². The highest BCUT2D eigenvalue weighted by Gasteiger charge is 2.38. The van der Waals surface area contributed by atoms with Gasteiger partial charge in [-0.25, -0.2) is 14.6 Å². The van der Waals surface area contributed by atoms with E-state index in [0.717, 1.165) is 54.9 Å². The fourth-order valence-corrected chi connectivity index (χ4v) is 4.36. The Kier molecular flexibility index (Phi) is 7.38. The summed E-state index contributed by atoms with van der Waals surface area (Å²) in [5.74, 6) is -1.41. The summed E-state index contributed by atoms with van der Waals surface area (Å²) in [6, 6.07) is 5.56. The lowest BCUT2D eigenvalue weighted by atomic mass is 10.1. The van der Waals surface area contributed by atoms with Gasteiger partial charge in [-0.05, 0) is 24.6 Å². The molecule has 1 aromatic carbocycles. The number of aryl methyl sites for hydroxylation is 1. The van der Waals surface area contributed by atoms with Crippen LogP contribution < -0.4 is 25.2 Å². The van der Waals surface area contributed by atoms with E-state index in [4.69, 9.17) is 14.6 Å². The number of carboxylic acid groups (broad SMARTS) is 1. The van der Waals surface area contributed by atoms with Crippen molar-refractivity contribution in [2.75, 3.05) is 55.0 Å². The van der Waals surface area contributed by atoms with Gasteiger partial charge >= 0.3 is 18.2 Å². The molecule has 0 aliphatic carbocycles. The summed E-state index contributed by atoms with van der Waals surface area (Å²) in [5, 5.41) is 18.8. The van der Waals surface area contributed by atoms with Gasteiger partial charge in [0.15, 0.2) is 5.75 Å². The van der Waals surface area contributed by atoms with Gasteiger partial charge in [0.25, 0.3) is 0 Å². The molecule has 3 N–H and O–H groups in total. The number of anilines is 3. The lowest BCUT2D eigenvalue weighted by molar-refractivity contribution is -0.192. The third-order valence-electron chi connectivity index (χ3n) is 5.99. The highest BCUT2D eigenvalue weighted by atomic mass is 19.4. The van der Waals surface area contributed by atoms with E-state index in [2.05, 4.69) is 31.7 Å². The topological polar surface area (TPSA) is 125 Å². The summed E-state index contributed by atoms with van der Waals surface area (Å²) >= 11 is 0. The number of benzene rings is 1. The van der Waals surface area contributed by atoms with Crippen LogP contribution in [0.5, 0.6) is 5.75 Å². The largest absolute Gasteiger partial charge is 0.494 e. The van der Waals surface area contributed by atoms with Gasteiger partial charge in [-0.1, -0.05) is 0 Å². The number of carboxylic acids is 1. The van der Waals surface area contributed by atoms with Crippen molar-refractivity contribution in [1.29, 1.82) is 0 Å². The maximum Gasteiger partial charge on any atom is 0.490 e. The second-order valence-electron chi connectivity index (χ2n) is 8.39. The normalized spacial score (nSPS) is 15.2. The van der Waals surface area contributed by atoms with Crippen molar-refractivity contribution < 1.29 is 32.6 Å². The van der Waals surface area contributed by atoms with Crippen LogP contribution >= 0.6 is 0 Å². The standard InChI is InChI=1S/C21H25N7O2.C2HF3O2/c1-26-13-15-16(25-26)3-4-17(19(15)30-2)24-21(29)28-10-6-14-18(5-7-23-20(14)28)27-11-8-22-9-12-27;3-2(4,5)1(6)7/h3-5,7,13,22H,6,8-12H2,1-2H3,(H,24,29);(H,6,7). The zero-order valence-electron chi connectivity index (χ0n) is 20.2. The summed E-state index contributed by atoms with van der Waals surface area (Å²) < 4.78 is 39.1. The van der Waals surface area contributed by atoms with Gasteiger partial charge in [0.1, 0.15) is 5.82 Å². The quantitative estimate of drug-likeness (QED) is 0.481. The van der Waals surface area contributed by atoms with Gasteiger partial charge in [0.2, 0.25) is 0 Å². The molecule has 0 bridgehead atoms. The second-order valence-corrected chi connectivity index (χ2v) is 8.39. The van der Waals surface area contributed by atoms with Crippen molar-refractivity contribution >= 4 is 40.1 Å². The van der Waals surface area contributed by atoms with Crippen molar-refractivity contribution in [1.82, 2.24) is 20.1 Å². The van der Waals surface area contributed by atoms with Gasteiger partial charge < -0.3 is 25.4 Å². The first-order valence-corrected chi connectivity index (χ1v) is 11.4. The summed E-state index contributed by atoms with van der Waals surface area (Å²) in [6.07, 6.45) is -0.602. The molecule has 2 amide bonds. The molecule has 0 radical (unpaired) electrons. The smallest absolute Gasteiger partial charge is 0.490 e. The Hall–Kier alpha value is -4.07. The van der Waals surface area contributed by atoms with Crippen LogP contribution in [-0.2, 0) is 18.3 Å². The molecule has 5 rings (SSSR count). The number of pyridine rings is 1.